The van der Waals surface area contributed by atoms with Crippen molar-refractivity contribution in [3.63, 3.8) is 0 Å². The molecule has 3 rings (SSSR count). The van der Waals surface area contributed by atoms with Gasteiger partial charge in [-0.25, -0.2) is 4.39 Å². The number of ether oxygens (including phenoxy) is 1. The average molecular weight is 413 g/mol. The Kier molecular flexibility index (Phi) is 8.48. The van der Waals surface area contributed by atoms with E-state index < -0.39 is 11.6 Å². The molecule has 2 aromatic rings. The molecule has 1 aliphatic rings. The summed E-state index contributed by atoms with van der Waals surface area (Å²) in [5.74, 6) is -0.926. The highest BCUT2D eigenvalue weighted by atomic mass is 19.2. The highest BCUT2D eigenvalue weighted by Crippen LogP contribution is 2.39. The van der Waals surface area contributed by atoms with Crippen LogP contribution in [0.15, 0.2) is 48.6 Å². The molecule has 0 aliphatic heterocycles. The van der Waals surface area contributed by atoms with Gasteiger partial charge in [-0.1, -0.05) is 55.8 Å². The van der Waals surface area contributed by atoms with Gasteiger partial charge in [0.1, 0.15) is 0 Å². The van der Waals surface area contributed by atoms with Crippen LogP contribution in [0.25, 0.3) is 0 Å². The van der Waals surface area contributed by atoms with Crippen molar-refractivity contribution in [1.82, 2.24) is 0 Å². The quantitative estimate of drug-likeness (QED) is 0.382. The summed E-state index contributed by atoms with van der Waals surface area (Å²) in [5.41, 5.74) is 3.30. The van der Waals surface area contributed by atoms with Gasteiger partial charge in [0, 0.05) is 0 Å². The van der Waals surface area contributed by atoms with Crippen LogP contribution >= 0.6 is 0 Å². The van der Waals surface area contributed by atoms with Gasteiger partial charge in [-0.3, -0.25) is 0 Å². The first-order valence-corrected chi connectivity index (χ1v) is 11.5. The average Bonchev–Trinajstić information content (AvgIpc) is 2.77. The third kappa shape index (κ3) is 5.93. The number of hydrogen-bond donors (Lipinski definition) is 0. The van der Waals surface area contributed by atoms with Crippen molar-refractivity contribution in [3.8, 4) is 5.75 Å². The van der Waals surface area contributed by atoms with Crippen LogP contribution in [-0.2, 0) is 12.8 Å². The lowest BCUT2D eigenvalue weighted by Crippen LogP contribution is -2.14. The first kappa shape index (κ1) is 22.5. The molecule has 0 spiro atoms. The molecular formula is C27H34F2O. The smallest absolute Gasteiger partial charge is 0.200 e. The second kappa shape index (κ2) is 11.3. The third-order valence-electron chi connectivity index (χ3n) is 6.16. The number of aryl methyl sites for hydroxylation is 2. The van der Waals surface area contributed by atoms with E-state index >= 15 is 0 Å². The van der Waals surface area contributed by atoms with Crippen LogP contribution in [0, 0.1) is 17.6 Å². The number of hydrogen-bond acceptors (Lipinski definition) is 1. The van der Waals surface area contributed by atoms with Gasteiger partial charge in [0.05, 0.1) is 6.61 Å². The fourth-order valence-corrected chi connectivity index (χ4v) is 4.45. The van der Waals surface area contributed by atoms with Crippen LogP contribution in [0.4, 0.5) is 8.78 Å². The lowest BCUT2D eigenvalue weighted by molar-refractivity contribution is 0.310. The fourth-order valence-electron chi connectivity index (χ4n) is 4.45. The highest BCUT2D eigenvalue weighted by Gasteiger charge is 2.25. The second-order valence-electron chi connectivity index (χ2n) is 8.36. The Bertz CT molecular complexity index is 818. The topological polar surface area (TPSA) is 9.23 Å². The molecule has 1 aliphatic carbocycles. The zero-order valence-electron chi connectivity index (χ0n) is 18.3. The molecule has 0 radical (unpaired) electrons. The molecule has 1 nitrogen and oxygen atoms in total. The standard InChI is InChI=1S/C27H34F2O/c1-3-7-20-10-12-21(13-11-20)8-5-6-9-22-14-16-23(17-15-22)24-18-19-25(30-4-2)27(29)26(24)28/h6,9-13,18-19,22-23H,3-5,7-8,14-17H2,1-2H3/t22-,23-. The van der Waals surface area contributed by atoms with Crippen LogP contribution in [0.3, 0.4) is 0 Å². The van der Waals surface area contributed by atoms with Gasteiger partial charge in [-0.05, 0) is 86.5 Å². The molecule has 0 heterocycles. The van der Waals surface area contributed by atoms with Crippen molar-refractivity contribution >= 4 is 0 Å². The largest absolute Gasteiger partial charge is 0.491 e. The molecule has 0 saturated heterocycles. The lowest BCUT2D eigenvalue weighted by Gasteiger charge is -2.27. The summed E-state index contributed by atoms with van der Waals surface area (Å²) >= 11 is 0. The van der Waals surface area contributed by atoms with E-state index in [0.717, 1.165) is 44.9 Å². The van der Waals surface area contributed by atoms with Crippen molar-refractivity contribution in [1.29, 1.82) is 0 Å². The molecule has 3 heteroatoms. The summed E-state index contributed by atoms with van der Waals surface area (Å²) in [6.45, 7) is 4.31. The highest BCUT2D eigenvalue weighted by molar-refractivity contribution is 5.33. The van der Waals surface area contributed by atoms with E-state index in [4.69, 9.17) is 4.74 Å². The van der Waals surface area contributed by atoms with E-state index in [1.54, 1.807) is 19.1 Å². The minimum Gasteiger partial charge on any atom is -0.491 e. The molecular weight excluding hydrogens is 378 g/mol. The maximum Gasteiger partial charge on any atom is 0.200 e. The second-order valence-corrected chi connectivity index (χ2v) is 8.36. The Morgan fingerprint density at radius 2 is 1.53 bits per heavy atom. The van der Waals surface area contributed by atoms with Crippen LogP contribution in [0.5, 0.6) is 5.75 Å². The number of allylic oxidation sites excluding steroid dienone is 2. The van der Waals surface area contributed by atoms with Gasteiger partial charge < -0.3 is 4.74 Å². The molecule has 30 heavy (non-hydrogen) atoms. The van der Waals surface area contributed by atoms with Gasteiger partial charge in [0.15, 0.2) is 11.6 Å². The normalized spacial score (nSPS) is 19.3. The fraction of sp³-hybridized carbons (Fsp3) is 0.481. The van der Waals surface area contributed by atoms with Crippen LogP contribution < -0.4 is 4.74 Å². The minimum absolute atomic E-state index is 0.00960. The van der Waals surface area contributed by atoms with Gasteiger partial charge >= 0.3 is 0 Å². The summed E-state index contributed by atoms with van der Waals surface area (Å²) in [5, 5.41) is 0. The molecule has 0 N–H and O–H groups in total. The minimum atomic E-state index is -0.848. The molecule has 0 bridgehead atoms. The van der Waals surface area contributed by atoms with Crippen molar-refractivity contribution in [3.05, 3.63) is 76.9 Å². The summed E-state index contributed by atoms with van der Waals surface area (Å²) in [7, 11) is 0. The first-order chi connectivity index (χ1) is 14.6. The maximum atomic E-state index is 14.5. The van der Waals surface area contributed by atoms with Crippen LogP contribution in [-0.4, -0.2) is 6.61 Å². The molecule has 0 amide bonds. The van der Waals surface area contributed by atoms with Crippen molar-refractivity contribution < 1.29 is 13.5 Å². The lowest BCUT2D eigenvalue weighted by atomic mass is 9.78. The van der Waals surface area contributed by atoms with Crippen molar-refractivity contribution in [2.24, 2.45) is 5.92 Å². The first-order valence-electron chi connectivity index (χ1n) is 11.5. The number of benzene rings is 2. The molecule has 2 aromatic carbocycles. The Morgan fingerprint density at radius 1 is 0.867 bits per heavy atom. The molecule has 1 saturated carbocycles. The van der Waals surface area contributed by atoms with E-state index in [9.17, 15) is 8.78 Å². The van der Waals surface area contributed by atoms with Crippen molar-refractivity contribution in [2.45, 2.75) is 71.1 Å². The molecule has 0 unspecified atom stereocenters. The Balaban J connectivity index is 1.46. The predicted molar refractivity (Wildman–Crippen MR) is 120 cm³/mol. The molecule has 0 atom stereocenters. The third-order valence-corrected chi connectivity index (χ3v) is 6.16. The summed E-state index contributed by atoms with van der Waals surface area (Å²) in [6, 6.07) is 12.2. The van der Waals surface area contributed by atoms with Gasteiger partial charge in [-0.15, -0.1) is 0 Å². The van der Waals surface area contributed by atoms with E-state index in [0.29, 0.717) is 18.1 Å². The van der Waals surface area contributed by atoms with Gasteiger partial charge in [0.2, 0.25) is 5.82 Å². The monoisotopic (exact) mass is 412 g/mol. The van der Waals surface area contributed by atoms with Crippen molar-refractivity contribution in [2.75, 3.05) is 6.61 Å². The molecule has 162 valence electrons. The predicted octanol–water partition coefficient (Wildman–Crippen LogP) is 7.78. The van der Waals surface area contributed by atoms with Crippen LogP contribution in [0.1, 0.15) is 75.0 Å². The van der Waals surface area contributed by atoms with Gasteiger partial charge in [-0.2, -0.15) is 4.39 Å². The van der Waals surface area contributed by atoms with Crippen LogP contribution in [0.2, 0.25) is 0 Å². The van der Waals surface area contributed by atoms with E-state index in [1.807, 2.05) is 0 Å². The summed E-state index contributed by atoms with van der Waals surface area (Å²) in [6.07, 6.45) is 12.9. The Hall–Kier alpha value is -2.16. The Morgan fingerprint density at radius 3 is 2.17 bits per heavy atom. The maximum absolute atomic E-state index is 14.5. The SMILES string of the molecule is CCCc1ccc(CCC=C[C@H]2CC[C@H](c3ccc(OCC)c(F)c3F)CC2)cc1. The summed E-state index contributed by atoms with van der Waals surface area (Å²) < 4.78 is 33.8. The molecule has 0 aromatic heterocycles. The van der Waals surface area contributed by atoms with Gasteiger partial charge in [0.25, 0.3) is 0 Å². The van der Waals surface area contributed by atoms with E-state index in [1.165, 1.54) is 17.5 Å². The Labute approximate surface area is 180 Å². The van der Waals surface area contributed by atoms with E-state index in [-0.39, 0.29) is 11.7 Å². The molecule has 1 fully saturated rings. The number of rotatable bonds is 9. The zero-order chi connectivity index (χ0) is 21.3. The zero-order valence-corrected chi connectivity index (χ0v) is 18.3. The summed E-state index contributed by atoms with van der Waals surface area (Å²) in [4.78, 5) is 0. The number of halogens is 2. The van der Waals surface area contributed by atoms with E-state index in [2.05, 4.69) is 43.3 Å².